The topological polar surface area (TPSA) is 12.5 Å². The molecule has 2 atom stereocenters. The van der Waals surface area contributed by atoms with Gasteiger partial charge in [-0.2, -0.15) is 0 Å². The lowest BCUT2D eigenvalue weighted by atomic mass is 9.99. The highest BCUT2D eigenvalue weighted by atomic mass is 16.5. The molecule has 3 heterocycles. The van der Waals surface area contributed by atoms with Crippen LogP contribution in [0.5, 0.6) is 0 Å². The van der Waals surface area contributed by atoms with Gasteiger partial charge in [-0.1, -0.05) is 6.42 Å². The fraction of sp³-hybridized carbons (Fsp3) is 1.00. The van der Waals surface area contributed by atoms with Gasteiger partial charge in [-0.3, -0.25) is 4.90 Å². The second kappa shape index (κ2) is 2.71. The third-order valence-electron chi connectivity index (χ3n) is 3.79. The van der Waals surface area contributed by atoms with Crippen LogP contribution in [0.2, 0.25) is 0 Å². The molecule has 3 fully saturated rings. The molecule has 2 nitrogen and oxygen atoms in total. The normalized spacial score (nSPS) is 43.0. The molecule has 2 heteroatoms. The predicted molar refractivity (Wildman–Crippen MR) is 47.1 cm³/mol. The first-order valence-corrected chi connectivity index (χ1v) is 5.30. The Bertz CT molecular complexity index is 163. The van der Waals surface area contributed by atoms with Crippen LogP contribution in [-0.2, 0) is 4.74 Å². The third-order valence-corrected chi connectivity index (χ3v) is 3.79. The third kappa shape index (κ3) is 0.944. The first kappa shape index (κ1) is 7.34. The van der Waals surface area contributed by atoms with Crippen LogP contribution < -0.4 is 0 Å². The first-order valence-electron chi connectivity index (χ1n) is 5.30. The van der Waals surface area contributed by atoms with Gasteiger partial charge in [0.2, 0.25) is 0 Å². The van der Waals surface area contributed by atoms with Gasteiger partial charge in [0.15, 0.2) is 0 Å². The molecule has 0 aliphatic carbocycles. The highest BCUT2D eigenvalue weighted by molar-refractivity contribution is 4.96. The second-order valence-corrected chi connectivity index (χ2v) is 4.45. The van der Waals surface area contributed by atoms with Gasteiger partial charge in [-0.05, 0) is 25.7 Å². The fourth-order valence-electron chi connectivity index (χ4n) is 3.15. The van der Waals surface area contributed by atoms with E-state index in [2.05, 4.69) is 4.90 Å². The highest BCUT2D eigenvalue weighted by Gasteiger charge is 2.42. The maximum absolute atomic E-state index is 5.27. The maximum Gasteiger partial charge on any atom is 0.0645 e. The molecule has 0 spiro atoms. The zero-order valence-electron chi connectivity index (χ0n) is 7.54. The molecule has 0 aromatic rings. The van der Waals surface area contributed by atoms with Crippen LogP contribution in [0.15, 0.2) is 0 Å². The molecule has 68 valence electrons. The average Bonchev–Trinajstić information content (AvgIpc) is 2.28. The summed E-state index contributed by atoms with van der Waals surface area (Å²) in [6.07, 6.45) is 7.29. The lowest BCUT2D eigenvalue weighted by molar-refractivity contribution is -0.0907. The van der Waals surface area contributed by atoms with Crippen LogP contribution in [-0.4, -0.2) is 36.2 Å². The van der Waals surface area contributed by atoms with E-state index >= 15 is 0 Å². The molecule has 0 aromatic carbocycles. The average molecular weight is 167 g/mol. The number of hydrogen-bond acceptors (Lipinski definition) is 2. The van der Waals surface area contributed by atoms with Crippen molar-refractivity contribution in [3.8, 4) is 0 Å². The van der Waals surface area contributed by atoms with Crippen molar-refractivity contribution in [2.24, 2.45) is 0 Å². The summed E-state index contributed by atoms with van der Waals surface area (Å²) >= 11 is 0. The molecular weight excluding hydrogens is 150 g/mol. The molecule has 3 aliphatic rings. The minimum atomic E-state index is 0.794. The fourth-order valence-corrected chi connectivity index (χ4v) is 3.15. The Hall–Kier alpha value is -0.0800. The molecular formula is C10H17NO. The Morgan fingerprint density at radius 1 is 0.833 bits per heavy atom. The number of ether oxygens (including phenoxy) is 1. The Morgan fingerprint density at radius 2 is 1.50 bits per heavy atom. The van der Waals surface area contributed by atoms with Gasteiger partial charge in [0.1, 0.15) is 0 Å². The smallest absolute Gasteiger partial charge is 0.0645 e. The van der Waals surface area contributed by atoms with Gasteiger partial charge in [-0.15, -0.1) is 0 Å². The van der Waals surface area contributed by atoms with Crippen molar-refractivity contribution in [1.82, 2.24) is 4.90 Å². The van der Waals surface area contributed by atoms with E-state index in [1.165, 1.54) is 32.1 Å². The van der Waals surface area contributed by atoms with Crippen molar-refractivity contribution < 1.29 is 4.74 Å². The first-order chi connectivity index (χ1) is 5.95. The number of rotatable bonds is 1. The molecule has 0 aromatic heterocycles. The van der Waals surface area contributed by atoms with Gasteiger partial charge in [0.05, 0.1) is 19.3 Å². The van der Waals surface area contributed by atoms with Gasteiger partial charge in [0, 0.05) is 12.1 Å². The van der Waals surface area contributed by atoms with Crippen LogP contribution in [0, 0.1) is 0 Å². The van der Waals surface area contributed by atoms with E-state index in [1.54, 1.807) is 0 Å². The Kier molecular flexibility index (Phi) is 1.66. The van der Waals surface area contributed by atoms with E-state index in [1.807, 2.05) is 0 Å². The van der Waals surface area contributed by atoms with Crippen molar-refractivity contribution in [2.75, 3.05) is 13.2 Å². The maximum atomic E-state index is 5.27. The van der Waals surface area contributed by atoms with Gasteiger partial charge < -0.3 is 4.74 Å². The zero-order valence-corrected chi connectivity index (χ0v) is 7.54. The van der Waals surface area contributed by atoms with Crippen LogP contribution >= 0.6 is 0 Å². The lowest BCUT2D eigenvalue weighted by Gasteiger charge is -2.44. The molecule has 2 unspecified atom stereocenters. The molecule has 0 amide bonds. The molecule has 3 rings (SSSR count). The zero-order chi connectivity index (χ0) is 7.97. The van der Waals surface area contributed by atoms with Crippen molar-refractivity contribution in [2.45, 2.75) is 50.2 Å². The molecule has 12 heavy (non-hydrogen) atoms. The Labute approximate surface area is 73.9 Å². The molecule has 3 aliphatic heterocycles. The van der Waals surface area contributed by atoms with Gasteiger partial charge in [-0.25, -0.2) is 0 Å². The summed E-state index contributed by atoms with van der Waals surface area (Å²) < 4.78 is 5.27. The van der Waals surface area contributed by atoms with E-state index in [4.69, 9.17) is 4.74 Å². The summed E-state index contributed by atoms with van der Waals surface area (Å²) in [6.45, 7) is 2.01. The molecule has 2 bridgehead atoms. The number of fused-ring (bicyclic) bond motifs is 2. The monoisotopic (exact) mass is 167 g/mol. The summed E-state index contributed by atoms with van der Waals surface area (Å²) in [4.78, 5) is 2.77. The van der Waals surface area contributed by atoms with Crippen molar-refractivity contribution in [1.29, 1.82) is 0 Å². The van der Waals surface area contributed by atoms with E-state index < -0.39 is 0 Å². The summed E-state index contributed by atoms with van der Waals surface area (Å²) in [6, 6.07) is 2.65. The van der Waals surface area contributed by atoms with E-state index in [0.717, 1.165) is 31.3 Å². The van der Waals surface area contributed by atoms with E-state index in [-0.39, 0.29) is 0 Å². The van der Waals surface area contributed by atoms with Crippen LogP contribution in [0.1, 0.15) is 32.1 Å². The minimum absolute atomic E-state index is 0.794. The quantitative estimate of drug-likeness (QED) is 0.585. The molecule has 3 saturated heterocycles. The van der Waals surface area contributed by atoms with Gasteiger partial charge >= 0.3 is 0 Å². The van der Waals surface area contributed by atoms with Crippen LogP contribution in [0.25, 0.3) is 0 Å². The summed E-state index contributed by atoms with van der Waals surface area (Å²) in [5.74, 6) is 0. The van der Waals surface area contributed by atoms with E-state index in [9.17, 15) is 0 Å². The Balaban J connectivity index is 1.75. The highest BCUT2D eigenvalue weighted by Crippen LogP contribution is 2.38. The second-order valence-electron chi connectivity index (χ2n) is 4.45. The van der Waals surface area contributed by atoms with Crippen LogP contribution in [0.3, 0.4) is 0 Å². The number of hydrogen-bond donors (Lipinski definition) is 0. The minimum Gasteiger partial charge on any atom is -0.378 e. The Morgan fingerprint density at radius 3 is 2.00 bits per heavy atom. The summed E-state index contributed by atoms with van der Waals surface area (Å²) in [7, 11) is 0. The molecule has 0 radical (unpaired) electrons. The summed E-state index contributed by atoms with van der Waals surface area (Å²) in [5.41, 5.74) is 0. The SMILES string of the molecule is C1CC2CCC(C1)N2C1COC1. The van der Waals surface area contributed by atoms with Gasteiger partial charge in [0.25, 0.3) is 0 Å². The molecule has 0 N–H and O–H groups in total. The van der Waals surface area contributed by atoms with Crippen molar-refractivity contribution >= 4 is 0 Å². The number of piperidine rings is 1. The van der Waals surface area contributed by atoms with E-state index in [0.29, 0.717) is 0 Å². The largest absolute Gasteiger partial charge is 0.378 e. The molecule has 0 saturated carbocycles. The lowest BCUT2D eigenvalue weighted by Crippen LogP contribution is -2.55. The number of nitrogens with zero attached hydrogens (tertiary/aromatic N) is 1. The predicted octanol–water partition coefficient (Wildman–Crippen LogP) is 1.40. The van der Waals surface area contributed by atoms with Crippen molar-refractivity contribution in [3.05, 3.63) is 0 Å². The summed E-state index contributed by atoms with van der Waals surface area (Å²) in [5, 5.41) is 0. The van der Waals surface area contributed by atoms with Crippen LogP contribution in [0.4, 0.5) is 0 Å². The van der Waals surface area contributed by atoms with Crippen molar-refractivity contribution in [3.63, 3.8) is 0 Å². The standard InChI is InChI=1S/C10H17NO/c1-2-8-4-5-9(3-1)11(8)10-6-12-7-10/h8-10H,1-7H2.